The first-order valence-electron chi connectivity index (χ1n) is 7.40. The number of amides is 1. The molecule has 0 aliphatic heterocycles. The maximum absolute atomic E-state index is 13.4. The second-order valence-corrected chi connectivity index (χ2v) is 6.59. The highest BCUT2D eigenvalue weighted by atomic mass is 32.1. The molecule has 0 saturated heterocycles. The summed E-state index contributed by atoms with van der Waals surface area (Å²) in [5.41, 5.74) is 0.818. The van der Waals surface area contributed by atoms with Gasteiger partial charge in [0.2, 0.25) is 0 Å². The zero-order valence-corrected chi connectivity index (χ0v) is 13.4. The van der Waals surface area contributed by atoms with Gasteiger partial charge < -0.3 is 10.4 Å². The molecule has 1 aromatic heterocycles. The number of nitriles is 1. The van der Waals surface area contributed by atoms with E-state index in [1.54, 1.807) is 6.07 Å². The van der Waals surface area contributed by atoms with Crippen LogP contribution in [-0.4, -0.2) is 17.0 Å². The Hall–Kier alpha value is -2.72. The molecule has 122 valence electrons. The number of nitrogens with one attached hydrogen (secondary N) is 1. The minimum absolute atomic E-state index is 0.107. The molecule has 1 aliphatic rings. The zero-order valence-electron chi connectivity index (χ0n) is 12.6. The molecule has 1 aromatic carbocycles. The number of halogens is 1. The fourth-order valence-corrected chi connectivity index (χ4v) is 4.08. The number of carboxylic acids is 1. The van der Waals surface area contributed by atoms with Crippen molar-refractivity contribution in [2.24, 2.45) is 0 Å². The predicted molar refractivity (Wildman–Crippen MR) is 87.0 cm³/mol. The Morgan fingerprint density at radius 2 is 2.04 bits per heavy atom. The van der Waals surface area contributed by atoms with E-state index in [2.05, 4.69) is 5.32 Å². The monoisotopic (exact) mass is 344 g/mol. The van der Waals surface area contributed by atoms with E-state index in [1.807, 2.05) is 0 Å². The number of hydrogen-bond acceptors (Lipinski definition) is 4. The van der Waals surface area contributed by atoms with E-state index < -0.39 is 17.7 Å². The van der Waals surface area contributed by atoms with Crippen LogP contribution in [0.25, 0.3) is 0 Å². The van der Waals surface area contributed by atoms with Gasteiger partial charge in [-0.1, -0.05) is 0 Å². The first-order valence-corrected chi connectivity index (χ1v) is 8.21. The molecule has 1 amide bonds. The SMILES string of the molecule is N#Cc1cc(C(=O)Nc2sc3c(c2C(=O)O)CCCC3)ccc1F. The van der Waals surface area contributed by atoms with Gasteiger partial charge in [-0.05, 0) is 49.4 Å². The third kappa shape index (κ3) is 2.88. The van der Waals surface area contributed by atoms with Crippen molar-refractivity contribution in [2.45, 2.75) is 25.7 Å². The number of rotatable bonds is 3. The van der Waals surface area contributed by atoms with Gasteiger partial charge in [0.15, 0.2) is 0 Å². The molecule has 5 nitrogen and oxygen atoms in total. The maximum Gasteiger partial charge on any atom is 0.339 e. The molecule has 2 aromatic rings. The van der Waals surface area contributed by atoms with Gasteiger partial charge in [0.1, 0.15) is 16.9 Å². The van der Waals surface area contributed by atoms with Crippen LogP contribution in [-0.2, 0) is 12.8 Å². The fourth-order valence-electron chi connectivity index (χ4n) is 2.81. The van der Waals surface area contributed by atoms with Crippen molar-refractivity contribution < 1.29 is 19.1 Å². The molecule has 0 atom stereocenters. The summed E-state index contributed by atoms with van der Waals surface area (Å²) in [6.45, 7) is 0. The topological polar surface area (TPSA) is 90.2 Å². The Labute approximate surface area is 141 Å². The van der Waals surface area contributed by atoms with E-state index in [0.717, 1.165) is 41.8 Å². The standard InChI is InChI=1S/C17H13FN2O3S/c18-12-6-5-9(7-10(12)8-19)15(21)20-16-14(17(22)23)11-3-1-2-4-13(11)24-16/h5-7H,1-4H2,(H,20,21)(H,22,23). The van der Waals surface area contributed by atoms with Crippen molar-refractivity contribution in [3.63, 3.8) is 0 Å². The Bertz CT molecular complexity index is 883. The number of aromatic carboxylic acids is 1. The number of aryl methyl sites for hydroxylation is 1. The summed E-state index contributed by atoms with van der Waals surface area (Å²) in [5.74, 6) is -2.33. The Balaban J connectivity index is 1.94. The van der Waals surface area contributed by atoms with Crippen LogP contribution in [0.2, 0.25) is 0 Å². The number of anilines is 1. The molecule has 0 bridgehead atoms. The van der Waals surface area contributed by atoms with E-state index in [-0.39, 0.29) is 16.7 Å². The zero-order chi connectivity index (χ0) is 17.3. The van der Waals surface area contributed by atoms with Gasteiger partial charge in [-0.3, -0.25) is 4.79 Å². The molecule has 1 heterocycles. The van der Waals surface area contributed by atoms with Crippen LogP contribution in [0.3, 0.4) is 0 Å². The van der Waals surface area contributed by atoms with Crippen LogP contribution in [0.1, 0.15) is 49.6 Å². The average molecular weight is 344 g/mol. The number of nitrogens with zero attached hydrogens (tertiary/aromatic N) is 1. The predicted octanol–water partition coefficient (Wildman–Crippen LogP) is 3.59. The molecule has 24 heavy (non-hydrogen) atoms. The van der Waals surface area contributed by atoms with Crippen LogP contribution in [0.5, 0.6) is 0 Å². The average Bonchev–Trinajstić information content (AvgIpc) is 2.93. The van der Waals surface area contributed by atoms with Gasteiger partial charge in [-0.15, -0.1) is 11.3 Å². The number of hydrogen-bond donors (Lipinski definition) is 2. The summed E-state index contributed by atoms with van der Waals surface area (Å²) in [7, 11) is 0. The van der Waals surface area contributed by atoms with Crippen molar-refractivity contribution >= 4 is 28.2 Å². The van der Waals surface area contributed by atoms with Crippen LogP contribution < -0.4 is 5.32 Å². The third-order valence-corrected chi connectivity index (χ3v) is 5.17. The lowest BCUT2D eigenvalue weighted by atomic mass is 9.95. The molecular weight excluding hydrogens is 331 g/mol. The van der Waals surface area contributed by atoms with Gasteiger partial charge >= 0.3 is 5.97 Å². The molecule has 7 heteroatoms. The first-order chi connectivity index (χ1) is 11.5. The van der Waals surface area contributed by atoms with Crippen molar-refractivity contribution in [1.82, 2.24) is 0 Å². The van der Waals surface area contributed by atoms with E-state index in [9.17, 15) is 19.1 Å². The summed E-state index contributed by atoms with van der Waals surface area (Å²) in [5, 5.41) is 21.2. The summed E-state index contributed by atoms with van der Waals surface area (Å²) < 4.78 is 13.4. The number of benzene rings is 1. The molecule has 1 aliphatic carbocycles. The van der Waals surface area contributed by atoms with E-state index in [4.69, 9.17) is 5.26 Å². The molecule has 3 rings (SSSR count). The molecule has 0 fully saturated rings. The lowest BCUT2D eigenvalue weighted by Crippen LogP contribution is -2.14. The van der Waals surface area contributed by atoms with Crippen LogP contribution in [0.4, 0.5) is 9.39 Å². The highest BCUT2D eigenvalue weighted by molar-refractivity contribution is 7.17. The van der Waals surface area contributed by atoms with Gasteiger partial charge in [-0.25, -0.2) is 9.18 Å². The lowest BCUT2D eigenvalue weighted by molar-refractivity contribution is 0.0697. The van der Waals surface area contributed by atoms with Crippen molar-refractivity contribution in [3.05, 3.63) is 51.1 Å². The van der Waals surface area contributed by atoms with Crippen LogP contribution >= 0.6 is 11.3 Å². The van der Waals surface area contributed by atoms with Crippen LogP contribution in [0, 0.1) is 17.1 Å². The number of fused-ring (bicyclic) bond motifs is 1. The normalized spacial score (nSPS) is 13.0. The summed E-state index contributed by atoms with van der Waals surface area (Å²) in [6, 6.07) is 5.14. The highest BCUT2D eigenvalue weighted by Crippen LogP contribution is 2.38. The van der Waals surface area contributed by atoms with Gasteiger partial charge in [0, 0.05) is 10.4 Å². The van der Waals surface area contributed by atoms with Gasteiger partial charge in [-0.2, -0.15) is 5.26 Å². The molecule has 0 saturated carbocycles. The largest absolute Gasteiger partial charge is 0.478 e. The summed E-state index contributed by atoms with van der Waals surface area (Å²) in [4.78, 5) is 24.9. The number of carbonyl (C=O) groups is 2. The third-order valence-electron chi connectivity index (χ3n) is 3.96. The van der Waals surface area contributed by atoms with E-state index in [0.29, 0.717) is 11.4 Å². The van der Waals surface area contributed by atoms with E-state index >= 15 is 0 Å². The number of carboxylic acid groups (broad SMARTS) is 1. The highest BCUT2D eigenvalue weighted by Gasteiger charge is 2.26. The molecule has 0 unspecified atom stereocenters. The Morgan fingerprint density at radius 1 is 1.29 bits per heavy atom. The van der Waals surface area contributed by atoms with Crippen molar-refractivity contribution in [1.29, 1.82) is 5.26 Å². The van der Waals surface area contributed by atoms with Crippen molar-refractivity contribution in [3.8, 4) is 6.07 Å². The second-order valence-electron chi connectivity index (χ2n) is 5.48. The number of thiophene rings is 1. The second kappa shape index (κ2) is 6.42. The molecule has 2 N–H and O–H groups in total. The van der Waals surface area contributed by atoms with Crippen molar-refractivity contribution in [2.75, 3.05) is 5.32 Å². The maximum atomic E-state index is 13.4. The smallest absolute Gasteiger partial charge is 0.339 e. The minimum Gasteiger partial charge on any atom is -0.478 e. The quantitative estimate of drug-likeness (QED) is 0.890. The first kappa shape index (κ1) is 16.1. The molecular formula is C17H13FN2O3S. The molecule has 0 spiro atoms. The van der Waals surface area contributed by atoms with Crippen LogP contribution in [0.15, 0.2) is 18.2 Å². The Morgan fingerprint density at radius 3 is 2.75 bits per heavy atom. The summed E-state index contributed by atoms with van der Waals surface area (Å²) in [6.07, 6.45) is 3.44. The number of carbonyl (C=O) groups excluding carboxylic acids is 1. The minimum atomic E-state index is -1.07. The molecule has 0 radical (unpaired) electrons. The Kier molecular flexibility index (Phi) is 4.32. The summed E-state index contributed by atoms with van der Waals surface area (Å²) >= 11 is 1.27. The lowest BCUT2D eigenvalue weighted by Gasteiger charge is -2.10. The van der Waals surface area contributed by atoms with Gasteiger partial charge in [0.25, 0.3) is 5.91 Å². The van der Waals surface area contributed by atoms with Gasteiger partial charge in [0.05, 0.1) is 11.1 Å². The van der Waals surface area contributed by atoms with E-state index in [1.165, 1.54) is 17.4 Å². The fraction of sp³-hybridized carbons (Fsp3) is 0.235.